The summed E-state index contributed by atoms with van der Waals surface area (Å²) in [5.74, 6) is 0.920. The van der Waals surface area contributed by atoms with E-state index in [0.29, 0.717) is 0 Å². The van der Waals surface area contributed by atoms with E-state index in [2.05, 4.69) is 36.2 Å². The SMILES string of the molecule is CCCCCCC1CCc2[nH]c3ccccc3c2C1. The van der Waals surface area contributed by atoms with Crippen LogP contribution in [0.3, 0.4) is 0 Å². The summed E-state index contributed by atoms with van der Waals surface area (Å²) < 4.78 is 0. The quantitative estimate of drug-likeness (QED) is 0.703. The molecule has 1 nitrogen and oxygen atoms in total. The van der Waals surface area contributed by atoms with Gasteiger partial charge in [0.25, 0.3) is 0 Å². The average Bonchev–Trinajstić information content (AvgIpc) is 2.82. The van der Waals surface area contributed by atoms with Crippen molar-refractivity contribution in [1.82, 2.24) is 4.98 Å². The van der Waals surface area contributed by atoms with E-state index in [9.17, 15) is 0 Å². The summed E-state index contributed by atoms with van der Waals surface area (Å²) in [6.45, 7) is 2.29. The Labute approximate surface area is 116 Å². The predicted octanol–water partition coefficient (Wildman–Crippen LogP) is 5.24. The van der Waals surface area contributed by atoms with Crippen LogP contribution >= 0.6 is 0 Å². The Morgan fingerprint density at radius 1 is 1.16 bits per heavy atom. The first kappa shape index (κ1) is 12.8. The van der Waals surface area contributed by atoms with Gasteiger partial charge in [-0.3, -0.25) is 0 Å². The Balaban J connectivity index is 1.69. The van der Waals surface area contributed by atoms with Gasteiger partial charge in [-0.2, -0.15) is 0 Å². The van der Waals surface area contributed by atoms with Crippen LogP contribution in [0.4, 0.5) is 0 Å². The number of unbranched alkanes of at least 4 members (excludes halogenated alkanes) is 3. The molecule has 1 unspecified atom stereocenters. The largest absolute Gasteiger partial charge is 0.358 e. The number of hydrogen-bond donors (Lipinski definition) is 1. The summed E-state index contributed by atoms with van der Waals surface area (Å²) in [4.78, 5) is 3.61. The summed E-state index contributed by atoms with van der Waals surface area (Å²) in [7, 11) is 0. The van der Waals surface area contributed by atoms with Crippen molar-refractivity contribution in [2.45, 2.75) is 58.3 Å². The minimum atomic E-state index is 0.920. The molecule has 1 atom stereocenters. The summed E-state index contributed by atoms with van der Waals surface area (Å²) in [6, 6.07) is 8.79. The van der Waals surface area contributed by atoms with E-state index in [1.54, 1.807) is 5.56 Å². The van der Waals surface area contributed by atoms with Gasteiger partial charge in [-0.1, -0.05) is 57.2 Å². The van der Waals surface area contributed by atoms with Crippen molar-refractivity contribution in [3.63, 3.8) is 0 Å². The number of rotatable bonds is 5. The molecule has 102 valence electrons. The number of H-pyrrole nitrogens is 1. The van der Waals surface area contributed by atoms with Crippen molar-refractivity contribution in [2.75, 3.05) is 0 Å². The first-order valence-corrected chi connectivity index (χ1v) is 7.97. The summed E-state index contributed by atoms with van der Waals surface area (Å²) in [6.07, 6.45) is 11.0. The second-order valence-electron chi connectivity index (χ2n) is 6.09. The Hall–Kier alpha value is -1.24. The predicted molar refractivity (Wildman–Crippen MR) is 82.6 cm³/mol. The summed E-state index contributed by atoms with van der Waals surface area (Å²) in [5.41, 5.74) is 4.45. The smallest absolute Gasteiger partial charge is 0.0458 e. The molecular weight excluding hydrogens is 230 g/mol. The zero-order valence-electron chi connectivity index (χ0n) is 12.0. The molecule has 1 aliphatic carbocycles. The van der Waals surface area contributed by atoms with Gasteiger partial charge in [0.2, 0.25) is 0 Å². The lowest BCUT2D eigenvalue weighted by Crippen LogP contribution is -2.13. The number of benzene rings is 1. The van der Waals surface area contributed by atoms with Crippen molar-refractivity contribution >= 4 is 10.9 Å². The van der Waals surface area contributed by atoms with Gasteiger partial charge in [-0.25, -0.2) is 0 Å². The minimum absolute atomic E-state index is 0.920. The van der Waals surface area contributed by atoms with Crippen LogP contribution in [0.2, 0.25) is 0 Å². The standard InChI is InChI=1S/C18H25N/c1-2-3-4-5-8-14-11-12-18-16(13-14)15-9-6-7-10-17(15)19-18/h6-7,9-10,14,19H,2-5,8,11-13H2,1H3. The number of para-hydroxylation sites is 1. The van der Waals surface area contributed by atoms with Gasteiger partial charge in [0, 0.05) is 16.6 Å². The van der Waals surface area contributed by atoms with Crippen molar-refractivity contribution in [1.29, 1.82) is 0 Å². The number of hydrogen-bond acceptors (Lipinski definition) is 0. The molecule has 0 amide bonds. The van der Waals surface area contributed by atoms with Crippen LogP contribution in [0, 0.1) is 5.92 Å². The van der Waals surface area contributed by atoms with E-state index in [1.165, 1.54) is 68.0 Å². The molecule has 1 aliphatic rings. The number of fused-ring (bicyclic) bond motifs is 3. The Kier molecular flexibility index (Phi) is 3.91. The molecule has 0 saturated heterocycles. The molecule has 0 radical (unpaired) electrons. The summed E-state index contributed by atoms with van der Waals surface area (Å²) >= 11 is 0. The van der Waals surface area contributed by atoms with Crippen LogP contribution in [0.25, 0.3) is 10.9 Å². The monoisotopic (exact) mass is 255 g/mol. The Bertz CT molecular complexity index is 538. The second-order valence-corrected chi connectivity index (χ2v) is 6.09. The average molecular weight is 255 g/mol. The van der Waals surface area contributed by atoms with Crippen molar-refractivity contribution in [2.24, 2.45) is 5.92 Å². The van der Waals surface area contributed by atoms with Crippen molar-refractivity contribution in [3.8, 4) is 0 Å². The molecule has 0 bridgehead atoms. The van der Waals surface area contributed by atoms with Gasteiger partial charge < -0.3 is 4.98 Å². The van der Waals surface area contributed by atoms with Crippen molar-refractivity contribution < 1.29 is 0 Å². The third-order valence-electron chi connectivity index (χ3n) is 4.66. The van der Waals surface area contributed by atoms with E-state index in [-0.39, 0.29) is 0 Å². The lowest BCUT2D eigenvalue weighted by molar-refractivity contribution is 0.405. The molecule has 0 aliphatic heterocycles. The van der Waals surface area contributed by atoms with Crippen LogP contribution in [-0.2, 0) is 12.8 Å². The third-order valence-corrected chi connectivity index (χ3v) is 4.66. The van der Waals surface area contributed by atoms with E-state index >= 15 is 0 Å². The first-order chi connectivity index (χ1) is 9.38. The fraction of sp³-hybridized carbons (Fsp3) is 0.556. The van der Waals surface area contributed by atoms with Gasteiger partial charge in [0.1, 0.15) is 0 Å². The highest BCUT2D eigenvalue weighted by molar-refractivity contribution is 5.84. The van der Waals surface area contributed by atoms with Gasteiger partial charge >= 0.3 is 0 Å². The van der Waals surface area contributed by atoms with Crippen LogP contribution in [-0.4, -0.2) is 4.98 Å². The molecule has 0 spiro atoms. The highest BCUT2D eigenvalue weighted by Crippen LogP contribution is 2.33. The highest BCUT2D eigenvalue weighted by Gasteiger charge is 2.21. The lowest BCUT2D eigenvalue weighted by atomic mass is 9.83. The third kappa shape index (κ3) is 2.70. The molecule has 1 aromatic carbocycles. The van der Waals surface area contributed by atoms with Crippen LogP contribution < -0.4 is 0 Å². The number of aromatic nitrogens is 1. The molecule has 1 heterocycles. The number of aryl methyl sites for hydroxylation is 1. The van der Waals surface area contributed by atoms with E-state index < -0.39 is 0 Å². The molecule has 1 heteroatoms. The van der Waals surface area contributed by atoms with Gasteiger partial charge in [-0.05, 0) is 36.8 Å². The van der Waals surface area contributed by atoms with E-state index in [1.807, 2.05) is 0 Å². The fourth-order valence-corrected chi connectivity index (χ4v) is 3.55. The maximum Gasteiger partial charge on any atom is 0.0458 e. The zero-order chi connectivity index (χ0) is 13.1. The number of nitrogens with one attached hydrogen (secondary N) is 1. The van der Waals surface area contributed by atoms with Crippen molar-refractivity contribution in [3.05, 3.63) is 35.5 Å². The van der Waals surface area contributed by atoms with Crippen LogP contribution in [0.1, 0.15) is 56.7 Å². The molecule has 3 rings (SSSR count). The van der Waals surface area contributed by atoms with Crippen LogP contribution in [0.15, 0.2) is 24.3 Å². The molecule has 0 fully saturated rings. The molecule has 2 aromatic rings. The topological polar surface area (TPSA) is 15.8 Å². The van der Waals surface area contributed by atoms with E-state index in [4.69, 9.17) is 0 Å². The lowest BCUT2D eigenvalue weighted by Gasteiger charge is -2.22. The maximum absolute atomic E-state index is 3.61. The highest BCUT2D eigenvalue weighted by atomic mass is 14.7. The van der Waals surface area contributed by atoms with Gasteiger partial charge in [0.05, 0.1) is 0 Å². The number of aromatic amines is 1. The second kappa shape index (κ2) is 5.81. The molecule has 1 N–H and O–H groups in total. The van der Waals surface area contributed by atoms with Crippen LogP contribution in [0.5, 0.6) is 0 Å². The Morgan fingerprint density at radius 2 is 2.05 bits per heavy atom. The first-order valence-electron chi connectivity index (χ1n) is 7.97. The molecule has 1 aromatic heterocycles. The molecule has 19 heavy (non-hydrogen) atoms. The molecular formula is C18H25N. The Morgan fingerprint density at radius 3 is 2.95 bits per heavy atom. The van der Waals surface area contributed by atoms with Gasteiger partial charge in [0.15, 0.2) is 0 Å². The van der Waals surface area contributed by atoms with Gasteiger partial charge in [-0.15, -0.1) is 0 Å². The zero-order valence-corrected chi connectivity index (χ0v) is 12.0. The summed E-state index contributed by atoms with van der Waals surface area (Å²) in [5, 5.41) is 1.47. The van der Waals surface area contributed by atoms with E-state index in [0.717, 1.165) is 5.92 Å². The fourth-order valence-electron chi connectivity index (χ4n) is 3.55. The normalized spacial score (nSPS) is 18.7. The maximum atomic E-state index is 3.61. The minimum Gasteiger partial charge on any atom is -0.358 e. The molecule has 0 saturated carbocycles.